The van der Waals surface area contributed by atoms with Gasteiger partial charge < -0.3 is 15.4 Å². The summed E-state index contributed by atoms with van der Waals surface area (Å²) in [7, 11) is 0. The molecule has 2 aromatic heterocycles. The van der Waals surface area contributed by atoms with Crippen LogP contribution in [0.2, 0.25) is 0 Å². The normalized spacial score (nSPS) is 12.8. The number of hydrogen-bond donors (Lipinski definition) is 3. The van der Waals surface area contributed by atoms with Crippen LogP contribution in [0.4, 0.5) is 5.95 Å². The first-order chi connectivity index (χ1) is 8.04. The van der Waals surface area contributed by atoms with Crippen molar-refractivity contribution in [2.75, 3.05) is 12.3 Å². The highest BCUT2D eigenvalue weighted by Gasteiger charge is 2.17. The summed E-state index contributed by atoms with van der Waals surface area (Å²) >= 11 is 0. The lowest BCUT2D eigenvalue weighted by atomic mass is 10.1. The number of anilines is 1. The van der Waals surface area contributed by atoms with Crippen molar-refractivity contribution in [2.45, 2.75) is 13.0 Å². The number of aliphatic hydroxyl groups excluding tert-OH is 1. The van der Waals surface area contributed by atoms with Gasteiger partial charge in [-0.2, -0.15) is 4.98 Å². The number of nitrogens with one attached hydrogen (secondary N) is 1. The molecular weight excluding hydrogens is 222 g/mol. The van der Waals surface area contributed by atoms with E-state index in [0.717, 1.165) is 5.57 Å². The smallest absolute Gasteiger partial charge is 0.278 e. The predicted octanol–water partition coefficient (Wildman–Crippen LogP) is -0.189. The van der Waals surface area contributed by atoms with Crippen LogP contribution in [0.25, 0.3) is 11.2 Å². The van der Waals surface area contributed by atoms with E-state index < -0.39 is 6.04 Å². The fourth-order valence-electron chi connectivity index (χ4n) is 1.69. The molecule has 0 aliphatic rings. The second-order valence-corrected chi connectivity index (χ2v) is 3.82. The lowest BCUT2D eigenvalue weighted by Crippen LogP contribution is -2.19. The number of aromatic nitrogens is 4. The van der Waals surface area contributed by atoms with Gasteiger partial charge in [-0.3, -0.25) is 9.78 Å². The van der Waals surface area contributed by atoms with Gasteiger partial charge in [0.1, 0.15) is 0 Å². The quantitative estimate of drug-likeness (QED) is 0.639. The molecule has 0 saturated carbocycles. The van der Waals surface area contributed by atoms with Crippen molar-refractivity contribution >= 4 is 17.1 Å². The molecule has 0 spiro atoms. The van der Waals surface area contributed by atoms with Crippen LogP contribution in [-0.4, -0.2) is 31.2 Å². The summed E-state index contributed by atoms with van der Waals surface area (Å²) in [6.45, 7) is 5.38. The number of hydrogen-bond acceptors (Lipinski definition) is 5. The molecule has 1 atom stereocenters. The fourth-order valence-corrected chi connectivity index (χ4v) is 1.69. The van der Waals surface area contributed by atoms with Crippen LogP contribution >= 0.6 is 0 Å². The van der Waals surface area contributed by atoms with E-state index in [-0.39, 0.29) is 29.3 Å². The van der Waals surface area contributed by atoms with Crippen LogP contribution in [0.1, 0.15) is 13.0 Å². The third-order valence-corrected chi connectivity index (χ3v) is 2.54. The van der Waals surface area contributed by atoms with E-state index in [1.54, 1.807) is 11.5 Å². The van der Waals surface area contributed by atoms with Crippen LogP contribution in [0, 0.1) is 0 Å². The first-order valence-electron chi connectivity index (χ1n) is 5.03. The van der Waals surface area contributed by atoms with Gasteiger partial charge in [-0.15, -0.1) is 0 Å². The van der Waals surface area contributed by atoms with Crippen molar-refractivity contribution in [3.05, 3.63) is 28.8 Å². The number of aliphatic hydroxyl groups is 1. The van der Waals surface area contributed by atoms with E-state index >= 15 is 0 Å². The van der Waals surface area contributed by atoms with Crippen LogP contribution in [0.5, 0.6) is 0 Å². The highest BCUT2D eigenvalue weighted by Crippen LogP contribution is 2.18. The number of H-pyrrole nitrogens is 1. The van der Waals surface area contributed by atoms with Crippen LogP contribution in [0.3, 0.4) is 0 Å². The van der Waals surface area contributed by atoms with Gasteiger partial charge in [0, 0.05) is 0 Å². The topological polar surface area (TPSA) is 110 Å². The van der Waals surface area contributed by atoms with Gasteiger partial charge in [-0.25, -0.2) is 4.98 Å². The Kier molecular flexibility index (Phi) is 2.68. The monoisotopic (exact) mass is 235 g/mol. The predicted molar refractivity (Wildman–Crippen MR) is 63.5 cm³/mol. The molecule has 17 heavy (non-hydrogen) atoms. The molecule has 2 aromatic rings. The van der Waals surface area contributed by atoms with Crippen molar-refractivity contribution in [1.82, 2.24) is 19.5 Å². The number of fused-ring (bicyclic) bond motifs is 1. The lowest BCUT2D eigenvalue weighted by molar-refractivity contribution is 0.249. The number of nitrogen functional groups attached to an aromatic ring is 1. The molecule has 0 saturated heterocycles. The molecule has 90 valence electrons. The second kappa shape index (κ2) is 4.02. The van der Waals surface area contributed by atoms with Crippen molar-refractivity contribution in [2.24, 2.45) is 0 Å². The van der Waals surface area contributed by atoms with Gasteiger partial charge in [-0.05, 0) is 6.92 Å². The Morgan fingerprint density at radius 1 is 1.76 bits per heavy atom. The maximum absolute atomic E-state index is 11.8. The van der Waals surface area contributed by atoms with Gasteiger partial charge >= 0.3 is 0 Å². The summed E-state index contributed by atoms with van der Waals surface area (Å²) in [6, 6.07) is -0.397. The first kappa shape index (κ1) is 11.3. The third-order valence-electron chi connectivity index (χ3n) is 2.54. The standard InChI is InChI=1S/C10H13N5O2/c1-5(2)6(3-16)15-4-12-8-7(15)9(17)14-10(11)13-8/h4,6,16H,1,3H2,2H3,(H3,11,13,14,17). The molecular formula is C10H13N5O2. The van der Waals surface area contributed by atoms with E-state index in [0.29, 0.717) is 0 Å². The Morgan fingerprint density at radius 3 is 3.06 bits per heavy atom. The SMILES string of the molecule is C=C(C)C(CO)n1cnc2nc(N)[nH]c(=O)c21. The van der Waals surface area contributed by atoms with Gasteiger partial charge in [0.15, 0.2) is 11.2 Å². The number of aromatic amines is 1. The van der Waals surface area contributed by atoms with E-state index in [1.165, 1.54) is 6.33 Å². The number of nitrogens with two attached hydrogens (primary N) is 1. The number of nitrogens with zero attached hydrogens (tertiary/aromatic N) is 3. The first-order valence-corrected chi connectivity index (χ1v) is 5.03. The average molecular weight is 235 g/mol. The van der Waals surface area contributed by atoms with E-state index in [2.05, 4.69) is 21.5 Å². The van der Waals surface area contributed by atoms with Crippen LogP contribution in [-0.2, 0) is 0 Å². The summed E-state index contributed by atoms with van der Waals surface area (Å²) in [5.74, 6) is 0.0172. The molecule has 7 nitrogen and oxygen atoms in total. The zero-order valence-corrected chi connectivity index (χ0v) is 9.34. The number of rotatable bonds is 3. The van der Waals surface area contributed by atoms with Gasteiger partial charge in [-0.1, -0.05) is 12.2 Å². The Hall–Kier alpha value is -2.15. The molecule has 0 bridgehead atoms. The molecule has 0 amide bonds. The minimum atomic E-state index is -0.397. The van der Waals surface area contributed by atoms with Crippen LogP contribution < -0.4 is 11.3 Å². The molecule has 1 unspecified atom stereocenters. The highest BCUT2D eigenvalue weighted by atomic mass is 16.3. The van der Waals surface area contributed by atoms with Crippen LogP contribution in [0.15, 0.2) is 23.3 Å². The molecule has 0 aliphatic carbocycles. The minimum absolute atomic E-state index is 0.0172. The number of imidazole rings is 1. The van der Waals surface area contributed by atoms with Gasteiger partial charge in [0.05, 0.1) is 19.0 Å². The molecule has 0 radical (unpaired) electrons. The lowest BCUT2D eigenvalue weighted by Gasteiger charge is -2.16. The summed E-state index contributed by atoms with van der Waals surface area (Å²) in [4.78, 5) is 22.1. The minimum Gasteiger partial charge on any atom is -0.394 e. The van der Waals surface area contributed by atoms with E-state index in [4.69, 9.17) is 5.73 Å². The summed E-state index contributed by atoms with van der Waals surface area (Å²) < 4.78 is 1.54. The molecule has 2 rings (SSSR count). The summed E-state index contributed by atoms with van der Waals surface area (Å²) in [5.41, 5.74) is 6.29. The van der Waals surface area contributed by atoms with Crippen molar-refractivity contribution in [3.8, 4) is 0 Å². The van der Waals surface area contributed by atoms with Crippen molar-refractivity contribution in [1.29, 1.82) is 0 Å². The highest BCUT2D eigenvalue weighted by molar-refractivity contribution is 5.70. The zero-order chi connectivity index (χ0) is 12.6. The van der Waals surface area contributed by atoms with Gasteiger partial charge in [0.25, 0.3) is 5.56 Å². The molecule has 4 N–H and O–H groups in total. The second-order valence-electron chi connectivity index (χ2n) is 3.82. The molecule has 0 aromatic carbocycles. The van der Waals surface area contributed by atoms with E-state index in [9.17, 15) is 9.90 Å². The maximum Gasteiger partial charge on any atom is 0.278 e. The van der Waals surface area contributed by atoms with Gasteiger partial charge in [0.2, 0.25) is 5.95 Å². The molecule has 0 fully saturated rings. The summed E-state index contributed by atoms with van der Waals surface area (Å²) in [5, 5.41) is 9.31. The largest absolute Gasteiger partial charge is 0.394 e. The fraction of sp³-hybridized carbons (Fsp3) is 0.300. The Balaban J connectivity index is 2.72. The van der Waals surface area contributed by atoms with E-state index in [1.807, 2.05) is 0 Å². The van der Waals surface area contributed by atoms with Crippen molar-refractivity contribution < 1.29 is 5.11 Å². The Bertz CT molecular complexity index is 627. The summed E-state index contributed by atoms with van der Waals surface area (Å²) in [6.07, 6.45) is 1.45. The zero-order valence-electron chi connectivity index (χ0n) is 9.34. The maximum atomic E-state index is 11.8. The molecule has 2 heterocycles. The Morgan fingerprint density at radius 2 is 2.47 bits per heavy atom. The Labute approximate surface area is 96.6 Å². The average Bonchev–Trinajstić information content (AvgIpc) is 2.62. The molecule has 7 heteroatoms. The molecule has 0 aliphatic heterocycles. The van der Waals surface area contributed by atoms with Crippen molar-refractivity contribution in [3.63, 3.8) is 0 Å². The third kappa shape index (κ3) is 1.80.